The van der Waals surface area contributed by atoms with Gasteiger partial charge in [0.2, 0.25) is 0 Å². The van der Waals surface area contributed by atoms with Crippen molar-refractivity contribution in [3.05, 3.63) is 23.8 Å². The summed E-state index contributed by atoms with van der Waals surface area (Å²) in [6.07, 6.45) is 3.48. The molecular weight excluding hydrogens is 200 g/mol. The second-order valence-corrected chi connectivity index (χ2v) is 4.23. The van der Waals surface area contributed by atoms with Gasteiger partial charge in [-0.25, -0.2) is 0 Å². The van der Waals surface area contributed by atoms with Crippen molar-refractivity contribution in [1.29, 1.82) is 0 Å². The molecule has 3 heteroatoms. The summed E-state index contributed by atoms with van der Waals surface area (Å²) < 4.78 is 5.42. The van der Waals surface area contributed by atoms with Crippen LogP contribution in [0.15, 0.2) is 18.2 Å². The van der Waals surface area contributed by atoms with Crippen LogP contribution in [0.3, 0.4) is 0 Å². The highest BCUT2D eigenvalue weighted by Gasteiger charge is 2.13. The molecule has 0 unspecified atom stereocenters. The minimum Gasteiger partial charge on any atom is -0.496 e. The van der Waals surface area contributed by atoms with Crippen molar-refractivity contribution in [2.75, 3.05) is 31.6 Å². The van der Waals surface area contributed by atoms with Crippen molar-refractivity contribution in [2.45, 2.75) is 19.3 Å². The fourth-order valence-corrected chi connectivity index (χ4v) is 2.27. The van der Waals surface area contributed by atoms with Crippen LogP contribution < -0.4 is 15.4 Å². The van der Waals surface area contributed by atoms with Crippen LogP contribution in [-0.2, 0) is 6.42 Å². The van der Waals surface area contributed by atoms with Gasteiger partial charge in [0.15, 0.2) is 0 Å². The molecule has 1 aromatic carbocycles. The van der Waals surface area contributed by atoms with Crippen molar-refractivity contribution in [3.63, 3.8) is 0 Å². The minimum atomic E-state index is 0.666. The van der Waals surface area contributed by atoms with Gasteiger partial charge in [0.05, 0.1) is 7.11 Å². The highest BCUT2D eigenvalue weighted by molar-refractivity contribution is 5.54. The Morgan fingerprint density at radius 3 is 2.69 bits per heavy atom. The lowest BCUT2D eigenvalue weighted by atomic mass is 10.1. The zero-order valence-electron chi connectivity index (χ0n) is 9.91. The Hall–Kier alpha value is -1.22. The number of anilines is 1. The molecule has 0 saturated carbocycles. The molecule has 1 aromatic rings. The summed E-state index contributed by atoms with van der Waals surface area (Å²) in [6.45, 7) is 3.00. The molecule has 16 heavy (non-hydrogen) atoms. The average molecular weight is 220 g/mol. The summed E-state index contributed by atoms with van der Waals surface area (Å²) in [5, 5.41) is 0. The second kappa shape index (κ2) is 5.21. The first-order valence-corrected chi connectivity index (χ1v) is 5.97. The second-order valence-electron chi connectivity index (χ2n) is 4.23. The topological polar surface area (TPSA) is 38.5 Å². The molecule has 1 aliphatic heterocycles. The van der Waals surface area contributed by atoms with Gasteiger partial charge >= 0.3 is 0 Å². The van der Waals surface area contributed by atoms with Gasteiger partial charge < -0.3 is 15.4 Å². The number of hydrogen-bond donors (Lipinski definition) is 1. The Labute approximate surface area is 97.2 Å². The van der Waals surface area contributed by atoms with E-state index in [-0.39, 0.29) is 0 Å². The summed E-state index contributed by atoms with van der Waals surface area (Å²) in [7, 11) is 1.73. The van der Waals surface area contributed by atoms with E-state index in [4.69, 9.17) is 10.5 Å². The lowest BCUT2D eigenvalue weighted by molar-refractivity contribution is 0.410. The highest BCUT2D eigenvalue weighted by atomic mass is 16.5. The molecular formula is C13H20N2O. The number of nitrogens with two attached hydrogens (primary N) is 1. The third kappa shape index (κ3) is 2.30. The fraction of sp³-hybridized carbons (Fsp3) is 0.538. The Bertz CT molecular complexity index is 346. The van der Waals surface area contributed by atoms with Gasteiger partial charge in [0.1, 0.15) is 5.75 Å². The molecule has 0 aromatic heterocycles. The third-order valence-corrected chi connectivity index (χ3v) is 3.16. The summed E-state index contributed by atoms with van der Waals surface area (Å²) >= 11 is 0. The van der Waals surface area contributed by atoms with E-state index in [1.807, 2.05) is 0 Å². The first-order valence-electron chi connectivity index (χ1n) is 5.97. The maximum atomic E-state index is 5.58. The summed E-state index contributed by atoms with van der Waals surface area (Å²) in [6, 6.07) is 6.45. The van der Waals surface area contributed by atoms with E-state index in [1.165, 1.54) is 37.2 Å². The smallest absolute Gasteiger partial charge is 0.124 e. The largest absolute Gasteiger partial charge is 0.496 e. The van der Waals surface area contributed by atoms with Crippen LogP contribution in [0.5, 0.6) is 5.75 Å². The summed E-state index contributed by atoms with van der Waals surface area (Å²) in [5.74, 6) is 0.967. The van der Waals surface area contributed by atoms with Crippen LogP contribution in [0.2, 0.25) is 0 Å². The van der Waals surface area contributed by atoms with E-state index in [9.17, 15) is 0 Å². The fourth-order valence-electron chi connectivity index (χ4n) is 2.27. The molecule has 0 radical (unpaired) electrons. The van der Waals surface area contributed by atoms with Crippen LogP contribution in [0, 0.1) is 0 Å². The number of benzene rings is 1. The Balaban J connectivity index is 2.21. The van der Waals surface area contributed by atoms with Crippen molar-refractivity contribution >= 4 is 5.69 Å². The molecule has 1 aliphatic rings. The third-order valence-electron chi connectivity index (χ3n) is 3.16. The van der Waals surface area contributed by atoms with Gasteiger partial charge in [-0.05, 0) is 37.4 Å². The van der Waals surface area contributed by atoms with Crippen LogP contribution in [0.4, 0.5) is 5.69 Å². The van der Waals surface area contributed by atoms with Gasteiger partial charge in [-0.1, -0.05) is 6.07 Å². The molecule has 3 nitrogen and oxygen atoms in total. The van der Waals surface area contributed by atoms with E-state index in [0.717, 1.165) is 12.2 Å². The Morgan fingerprint density at radius 2 is 2.06 bits per heavy atom. The molecule has 1 saturated heterocycles. The lowest BCUT2D eigenvalue weighted by Gasteiger charge is -2.19. The summed E-state index contributed by atoms with van der Waals surface area (Å²) in [5.41, 5.74) is 8.05. The first kappa shape index (κ1) is 11.3. The van der Waals surface area contributed by atoms with Gasteiger partial charge in [-0.3, -0.25) is 0 Å². The van der Waals surface area contributed by atoms with E-state index in [1.54, 1.807) is 7.11 Å². The molecule has 0 amide bonds. The van der Waals surface area contributed by atoms with Crippen LogP contribution in [0.1, 0.15) is 18.4 Å². The monoisotopic (exact) mass is 220 g/mol. The number of ether oxygens (including phenoxy) is 1. The molecule has 0 bridgehead atoms. The van der Waals surface area contributed by atoms with Crippen LogP contribution in [0.25, 0.3) is 0 Å². The SMILES string of the molecule is COc1cc(N2CCCC2)ccc1CCN. The Kier molecular flexibility index (Phi) is 3.67. The Morgan fingerprint density at radius 1 is 1.31 bits per heavy atom. The molecule has 2 rings (SSSR count). The molecule has 0 spiro atoms. The molecule has 88 valence electrons. The van der Waals surface area contributed by atoms with Gasteiger partial charge in [0.25, 0.3) is 0 Å². The van der Waals surface area contributed by atoms with Gasteiger partial charge in [0, 0.05) is 24.8 Å². The van der Waals surface area contributed by atoms with Crippen molar-refractivity contribution in [2.24, 2.45) is 5.73 Å². The molecule has 1 fully saturated rings. The van der Waals surface area contributed by atoms with E-state index >= 15 is 0 Å². The average Bonchev–Trinajstić information content (AvgIpc) is 2.83. The zero-order valence-corrected chi connectivity index (χ0v) is 9.91. The standard InChI is InChI=1S/C13H20N2O/c1-16-13-10-12(15-8-2-3-9-15)5-4-11(13)6-7-14/h4-5,10H,2-3,6-9,14H2,1H3. The normalized spacial score (nSPS) is 15.5. The number of nitrogens with zero attached hydrogens (tertiary/aromatic N) is 1. The first-order chi connectivity index (χ1) is 7.85. The maximum Gasteiger partial charge on any atom is 0.124 e. The molecule has 0 atom stereocenters. The number of methoxy groups -OCH3 is 1. The van der Waals surface area contributed by atoms with E-state index in [0.29, 0.717) is 6.54 Å². The van der Waals surface area contributed by atoms with Crippen molar-refractivity contribution < 1.29 is 4.74 Å². The summed E-state index contributed by atoms with van der Waals surface area (Å²) in [4.78, 5) is 2.41. The van der Waals surface area contributed by atoms with Crippen LogP contribution in [-0.4, -0.2) is 26.7 Å². The maximum absolute atomic E-state index is 5.58. The van der Waals surface area contributed by atoms with Crippen LogP contribution >= 0.6 is 0 Å². The van der Waals surface area contributed by atoms with Crippen molar-refractivity contribution in [3.8, 4) is 5.75 Å². The zero-order chi connectivity index (χ0) is 11.4. The molecule has 1 heterocycles. The quantitative estimate of drug-likeness (QED) is 0.841. The molecule has 2 N–H and O–H groups in total. The number of rotatable bonds is 4. The highest BCUT2D eigenvalue weighted by Crippen LogP contribution is 2.28. The van der Waals surface area contributed by atoms with Crippen molar-refractivity contribution in [1.82, 2.24) is 0 Å². The molecule has 0 aliphatic carbocycles. The van der Waals surface area contributed by atoms with E-state index in [2.05, 4.69) is 23.1 Å². The number of hydrogen-bond acceptors (Lipinski definition) is 3. The minimum absolute atomic E-state index is 0.666. The predicted octanol–water partition coefficient (Wildman–Crippen LogP) is 1.80. The van der Waals surface area contributed by atoms with Gasteiger partial charge in [-0.2, -0.15) is 0 Å². The lowest BCUT2D eigenvalue weighted by Crippen LogP contribution is -2.17. The van der Waals surface area contributed by atoms with Gasteiger partial charge in [-0.15, -0.1) is 0 Å². The predicted molar refractivity (Wildman–Crippen MR) is 67.2 cm³/mol. The van der Waals surface area contributed by atoms with E-state index < -0.39 is 0 Å².